The van der Waals surface area contributed by atoms with Crippen molar-refractivity contribution in [1.82, 2.24) is 0 Å². The van der Waals surface area contributed by atoms with Crippen LogP contribution in [0.4, 0.5) is 0 Å². The van der Waals surface area contributed by atoms with Gasteiger partial charge in [-0.05, 0) is 81.6 Å². The van der Waals surface area contributed by atoms with Crippen molar-refractivity contribution in [2.75, 3.05) is 6.61 Å². The molecular weight excluding hydrogens is 508 g/mol. The van der Waals surface area contributed by atoms with Gasteiger partial charge in [0.15, 0.2) is 6.29 Å². The van der Waals surface area contributed by atoms with Gasteiger partial charge in [-0.3, -0.25) is 0 Å². The van der Waals surface area contributed by atoms with Gasteiger partial charge in [0.05, 0.1) is 28.8 Å². The lowest BCUT2D eigenvalue weighted by Crippen LogP contribution is -2.69. The third-order valence-corrected chi connectivity index (χ3v) is 12.0. The topological polar surface area (TPSA) is 163 Å². The molecule has 1 saturated heterocycles. The number of carbonyl (C=O) groups excluding carboxylic acids is 2. The molecule has 0 aromatic heterocycles. The molecule has 0 aromatic rings. The molecule has 5 N–H and O–H groups in total. The van der Waals surface area contributed by atoms with Crippen LogP contribution < -0.4 is 0 Å². The maximum absolute atomic E-state index is 13.0. The molecule has 0 spiro atoms. The van der Waals surface area contributed by atoms with Gasteiger partial charge in [-0.1, -0.05) is 6.92 Å². The number of ether oxygens (including phenoxy) is 3. The monoisotopic (exact) mass is 550 g/mol. The van der Waals surface area contributed by atoms with Crippen molar-refractivity contribution < 1.29 is 49.3 Å². The Bertz CT molecular complexity index is 1050. The summed E-state index contributed by atoms with van der Waals surface area (Å²) in [6.07, 6.45) is 0.689. The fraction of sp³-hybridized carbons (Fsp3) is 0.862. The molecule has 2 unspecified atom stereocenters. The highest BCUT2D eigenvalue weighted by atomic mass is 16.7. The van der Waals surface area contributed by atoms with Crippen molar-refractivity contribution in [1.29, 1.82) is 0 Å². The quantitative estimate of drug-likeness (QED) is 0.192. The lowest BCUT2D eigenvalue weighted by atomic mass is 9.41. The number of carbonyl (C=O) groups is 2. The second-order valence-corrected chi connectivity index (χ2v) is 13.4. The molecule has 0 radical (unpaired) electrons. The molecule has 39 heavy (non-hydrogen) atoms. The van der Waals surface area contributed by atoms with Crippen molar-refractivity contribution in [2.24, 2.45) is 28.6 Å². The van der Waals surface area contributed by atoms with Gasteiger partial charge in [0, 0.05) is 17.9 Å². The fourth-order valence-electron chi connectivity index (χ4n) is 9.75. The second kappa shape index (κ2) is 9.31. The van der Waals surface area contributed by atoms with Crippen molar-refractivity contribution in [3.05, 3.63) is 11.6 Å². The summed E-state index contributed by atoms with van der Waals surface area (Å²) >= 11 is 0. The molecule has 2 heterocycles. The van der Waals surface area contributed by atoms with Crippen LogP contribution in [0.1, 0.15) is 71.6 Å². The Morgan fingerprint density at radius 3 is 2.41 bits per heavy atom. The number of aldehydes is 1. The van der Waals surface area contributed by atoms with E-state index in [2.05, 4.69) is 6.92 Å². The van der Waals surface area contributed by atoms with Gasteiger partial charge in [-0.15, -0.1) is 0 Å². The van der Waals surface area contributed by atoms with Gasteiger partial charge in [-0.25, -0.2) is 4.79 Å². The first-order chi connectivity index (χ1) is 18.4. The summed E-state index contributed by atoms with van der Waals surface area (Å²) in [7, 11) is 0. The summed E-state index contributed by atoms with van der Waals surface area (Å²) in [5.74, 6) is -0.616. The third-order valence-electron chi connectivity index (χ3n) is 12.0. The second-order valence-electron chi connectivity index (χ2n) is 13.4. The molecule has 10 nitrogen and oxygen atoms in total. The van der Waals surface area contributed by atoms with E-state index in [1.165, 1.54) is 0 Å². The first-order valence-corrected chi connectivity index (χ1v) is 14.5. The maximum atomic E-state index is 13.0. The highest BCUT2D eigenvalue weighted by molar-refractivity contribution is 5.85. The van der Waals surface area contributed by atoms with E-state index in [0.29, 0.717) is 44.9 Å². The van der Waals surface area contributed by atoms with Crippen LogP contribution in [0.2, 0.25) is 0 Å². The minimum absolute atomic E-state index is 0.0465. The first-order valence-electron chi connectivity index (χ1n) is 14.5. The number of aliphatic hydroxyl groups is 5. The lowest BCUT2D eigenvalue weighted by molar-refractivity contribution is -0.317. The molecule has 2 aliphatic heterocycles. The minimum atomic E-state index is -1.43. The van der Waals surface area contributed by atoms with Gasteiger partial charge in [0.1, 0.15) is 31.2 Å². The highest BCUT2D eigenvalue weighted by Crippen LogP contribution is 2.70. The molecule has 4 aliphatic carbocycles. The van der Waals surface area contributed by atoms with Gasteiger partial charge >= 0.3 is 5.97 Å². The highest BCUT2D eigenvalue weighted by Gasteiger charge is 2.71. The molecule has 13 atom stereocenters. The molecule has 6 aliphatic rings. The maximum Gasteiger partial charge on any atom is 0.331 e. The van der Waals surface area contributed by atoms with Crippen molar-refractivity contribution in [3.63, 3.8) is 0 Å². The smallest absolute Gasteiger partial charge is 0.331 e. The normalized spacial score (nSPS) is 55.2. The Kier molecular flexibility index (Phi) is 6.62. The third kappa shape index (κ3) is 3.78. The summed E-state index contributed by atoms with van der Waals surface area (Å²) < 4.78 is 16.9. The number of esters is 1. The molecule has 0 bridgehead atoms. The Morgan fingerprint density at radius 2 is 1.72 bits per heavy atom. The minimum Gasteiger partial charge on any atom is -0.458 e. The predicted octanol–water partition coefficient (Wildman–Crippen LogP) is 0.750. The Morgan fingerprint density at radius 1 is 0.974 bits per heavy atom. The molecular formula is C29H42O10. The van der Waals surface area contributed by atoms with Gasteiger partial charge in [-0.2, -0.15) is 0 Å². The van der Waals surface area contributed by atoms with Crippen molar-refractivity contribution in [2.45, 2.75) is 120 Å². The average Bonchev–Trinajstić information content (AvgIpc) is 3.45. The fourth-order valence-corrected chi connectivity index (χ4v) is 9.75. The SMILES string of the molecule is C[C@@H]1O[C@@H](O[C@H]2CC[C@]3(C=O)C4CC[C@]5(C)[C@@H](C6=CC(=O)OC6)CC[C@]5(O)C4CC[C@]3(O)C2)[C@H](O)[C@H](O)[C@H]1O. The largest absolute Gasteiger partial charge is 0.458 e. The molecule has 4 saturated carbocycles. The van der Waals surface area contributed by atoms with E-state index in [9.17, 15) is 35.1 Å². The van der Waals surface area contributed by atoms with Crippen LogP contribution in [0.15, 0.2) is 11.6 Å². The summed E-state index contributed by atoms with van der Waals surface area (Å²) in [5, 5.41) is 55.0. The van der Waals surface area contributed by atoms with E-state index in [-0.39, 0.29) is 36.8 Å². The zero-order valence-electron chi connectivity index (χ0n) is 22.7. The Balaban J connectivity index is 1.22. The van der Waals surface area contributed by atoms with Crippen LogP contribution in [0.25, 0.3) is 0 Å². The summed E-state index contributed by atoms with van der Waals surface area (Å²) in [5.41, 5.74) is -2.86. The standard InChI is InChI=1S/C29H42O10/c1-15-22(32)23(33)24(34)25(38-15)39-17-3-8-27(14-30)19-4-7-26(2)18(16-11-21(31)37-13-16)6-10-29(26,36)20(19)5-9-28(27,35)12-17/h11,14-15,17-20,22-25,32-36H,3-10,12-13H2,1-2H3/t15-,17-,18+,19?,20?,22-,23+,24+,25-,26+,27-,28-,29-/m0/s1. The van der Waals surface area contributed by atoms with E-state index >= 15 is 0 Å². The van der Waals surface area contributed by atoms with E-state index in [1.54, 1.807) is 13.0 Å². The summed E-state index contributed by atoms with van der Waals surface area (Å²) in [6, 6.07) is 0. The molecule has 218 valence electrons. The van der Waals surface area contributed by atoms with Crippen molar-refractivity contribution in [3.8, 4) is 0 Å². The van der Waals surface area contributed by atoms with Crippen molar-refractivity contribution >= 4 is 12.3 Å². The number of hydrogen-bond donors (Lipinski definition) is 5. The van der Waals surface area contributed by atoms with Gasteiger partial charge in [0.25, 0.3) is 0 Å². The zero-order chi connectivity index (χ0) is 28.0. The predicted molar refractivity (Wildman–Crippen MR) is 135 cm³/mol. The van der Waals surface area contributed by atoms with Crippen LogP contribution >= 0.6 is 0 Å². The van der Waals surface area contributed by atoms with Crippen LogP contribution in [-0.2, 0) is 23.8 Å². The van der Waals surface area contributed by atoms with E-state index in [0.717, 1.165) is 18.3 Å². The Labute approximate surface area is 228 Å². The Hall–Kier alpha value is -1.40. The summed E-state index contributed by atoms with van der Waals surface area (Å²) in [4.78, 5) is 24.8. The summed E-state index contributed by atoms with van der Waals surface area (Å²) in [6.45, 7) is 3.98. The van der Waals surface area contributed by atoms with Gasteiger partial charge in [0.2, 0.25) is 0 Å². The number of aliphatic hydroxyl groups excluding tert-OH is 3. The van der Waals surface area contributed by atoms with E-state index in [1.807, 2.05) is 0 Å². The number of fused-ring (bicyclic) bond motifs is 5. The average molecular weight is 551 g/mol. The van der Waals surface area contributed by atoms with E-state index < -0.39 is 58.8 Å². The molecule has 0 aromatic carbocycles. The number of cyclic esters (lactones) is 1. The molecule has 10 heteroatoms. The number of hydrogen-bond acceptors (Lipinski definition) is 10. The van der Waals surface area contributed by atoms with Crippen LogP contribution in [0.3, 0.4) is 0 Å². The zero-order valence-corrected chi connectivity index (χ0v) is 22.7. The number of rotatable bonds is 4. The van der Waals surface area contributed by atoms with Crippen LogP contribution in [-0.4, -0.2) is 92.4 Å². The van der Waals surface area contributed by atoms with Crippen LogP contribution in [0, 0.1) is 28.6 Å². The first kappa shape index (κ1) is 27.8. The molecule has 5 fully saturated rings. The lowest BCUT2D eigenvalue weighted by Gasteiger charge is -2.65. The molecule has 6 rings (SSSR count). The van der Waals surface area contributed by atoms with E-state index in [4.69, 9.17) is 14.2 Å². The van der Waals surface area contributed by atoms with Crippen LogP contribution in [0.5, 0.6) is 0 Å². The molecule has 0 amide bonds. The van der Waals surface area contributed by atoms with Gasteiger partial charge < -0.3 is 44.5 Å².